The van der Waals surface area contributed by atoms with Crippen molar-refractivity contribution in [2.24, 2.45) is 0 Å². The Hall–Kier alpha value is -1.62. The van der Waals surface area contributed by atoms with E-state index in [2.05, 4.69) is 5.10 Å². The number of aromatic nitrogens is 2. The van der Waals surface area contributed by atoms with Crippen LogP contribution in [0.2, 0.25) is 0 Å². The highest BCUT2D eigenvalue weighted by Crippen LogP contribution is 2.09. The van der Waals surface area contributed by atoms with Gasteiger partial charge in [0.2, 0.25) is 10.3 Å². The van der Waals surface area contributed by atoms with E-state index < -0.39 is 10.3 Å². The van der Waals surface area contributed by atoms with Crippen LogP contribution in [-0.2, 0) is 16.8 Å². The van der Waals surface area contributed by atoms with Gasteiger partial charge in [0.05, 0.1) is 11.4 Å². The van der Waals surface area contributed by atoms with E-state index in [1.807, 2.05) is 24.4 Å². The number of rotatable bonds is 2. The highest BCUT2D eigenvalue weighted by atomic mass is 32.2. The molecule has 1 aromatic heterocycles. The van der Waals surface area contributed by atoms with Gasteiger partial charge in [-0.3, -0.25) is 4.68 Å². The lowest BCUT2D eigenvalue weighted by molar-refractivity contribution is 0.627. The van der Waals surface area contributed by atoms with E-state index in [1.54, 1.807) is 17.0 Å². The summed E-state index contributed by atoms with van der Waals surface area (Å²) in [5, 5.41) is 4.08. The third-order valence-electron chi connectivity index (χ3n) is 2.17. The van der Waals surface area contributed by atoms with Crippen LogP contribution >= 0.6 is 0 Å². The Morgan fingerprint density at radius 1 is 1.40 bits per heavy atom. The Labute approximate surface area is 89.1 Å². The zero-order valence-electron chi connectivity index (χ0n) is 8.00. The van der Waals surface area contributed by atoms with E-state index in [4.69, 9.17) is 0 Å². The molecular formula is C10H10N2O2S. The third kappa shape index (κ3) is 2.44. The van der Waals surface area contributed by atoms with Gasteiger partial charge in [0, 0.05) is 18.8 Å². The number of hydrogen-bond acceptors (Lipinski definition) is 3. The van der Waals surface area contributed by atoms with E-state index in [0.717, 1.165) is 5.57 Å². The van der Waals surface area contributed by atoms with Crippen LogP contribution in [0.3, 0.4) is 0 Å². The molecule has 78 valence electrons. The summed E-state index contributed by atoms with van der Waals surface area (Å²) < 4.78 is 23.1. The lowest BCUT2D eigenvalue weighted by Gasteiger charge is -2.06. The quantitative estimate of drug-likeness (QED) is 0.696. The summed E-state index contributed by atoms with van der Waals surface area (Å²) in [5.41, 5.74) is 1.08. The van der Waals surface area contributed by atoms with Gasteiger partial charge in [-0.05, 0) is 17.7 Å². The highest BCUT2D eigenvalue weighted by molar-refractivity contribution is 7.73. The predicted molar refractivity (Wildman–Crippen MR) is 58.0 cm³/mol. The Bertz CT molecular complexity index is 528. The monoisotopic (exact) mass is 222 g/mol. The van der Waals surface area contributed by atoms with Crippen LogP contribution in [-0.4, -0.2) is 23.1 Å². The van der Waals surface area contributed by atoms with E-state index in [-0.39, 0.29) is 0 Å². The highest BCUT2D eigenvalue weighted by Gasteiger charge is 2.04. The molecule has 0 aromatic carbocycles. The van der Waals surface area contributed by atoms with Gasteiger partial charge in [-0.2, -0.15) is 13.5 Å². The largest absolute Gasteiger partial charge is 0.268 e. The van der Waals surface area contributed by atoms with Crippen molar-refractivity contribution in [3.05, 3.63) is 42.3 Å². The summed E-state index contributed by atoms with van der Waals surface area (Å²) >= 11 is 0. The summed E-state index contributed by atoms with van der Waals surface area (Å²) in [5.74, 6) is 0. The minimum absolute atomic E-state index is 0.430. The maximum Gasteiger partial charge on any atom is 0.217 e. The lowest BCUT2D eigenvalue weighted by atomic mass is 10.1. The third-order valence-corrected chi connectivity index (χ3v) is 2.90. The minimum atomic E-state index is -2.09. The lowest BCUT2D eigenvalue weighted by Crippen LogP contribution is -2.05. The van der Waals surface area contributed by atoms with E-state index in [1.165, 1.54) is 0 Å². The molecule has 1 aromatic rings. The fourth-order valence-electron chi connectivity index (χ4n) is 1.39. The summed E-state index contributed by atoms with van der Waals surface area (Å²) in [6, 6.07) is 1.86. The number of allylic oxidation sites excluding steroid dienone is 4. The molecular weight excluding hydrogens is 212 g/mol. The predicted octanol–water partition coefficient (Wildman–Crippen LogP) is 0.821. The van der Waals surface area contributed by atoms with Crippen LogP contribution < -0.4 is 0 Å². The molecule has 0 bridgehead atoms. The van der Waals surface area contributed by atoms with E-state index >= 15 is 0 Å². The second kappa shape index (κ2) is 4.27. The van der Waals surface area contributed by atoms with Crippen molar-refractivity contribution in [2.45, 2.75) is 13.0 Å². The molecule has 0 fully saturated rings. The molecule has 0 saturated heterocycles. The van der Waals surface area contributed by atoms with Gasteiger partial charge in [-0.1, -0.05) is 12.2 Å². The summed E-state index contributed by atoms with van der Waals surface area (Å²) in [6.07, 6.45) is 9.44. The van der Waals surface area contributed by atoms with Crippen molar-refractivity contribution in [2.75, 3.05) is 0 Å². The van der Waals surface area contributed by atoms with Crippen LogP contribution in [0.25, 0.3) is 0 Å². The first-order chi connectivity index (χ1) is 7.25. The summed E-state index contributed by atoms with van der Waals surface area (Å²) in [6.45, 7) is 0.683. The molecule has 1 aliphatic carbocycles. The normalized spacial score (nSPS) is 15.2. The second-order valence-electron chi connectivity index (χ2n) is 3.22. The smallest absolute Gasteiger partial charge is 0.217 e. The maximum atomic E-state index is 10.6. The molecule has 5 heteroatoms. The molecule has 15 heavy (non-hydrogen) atoms. The first-order valence-electron chi connectivity index (χ1n) is 4.55. The Morgan fingerprint density at radius 3 is 2.80 bits per heavy atom. The first-order valence-corrected chi connectivity index (χ1v) is 5.63. The Morgan fingerprint density at radius 2 is 2.27 bits per heavy atom. The van der Waals surface area contributed by atoms with Crippen molar-refractivity contribution < 1.29 is 8.42 Å². The molecule has 0 atom stereocenters. The van der Waals surface area contributed by atoms with Crippen molar-refractivity contribution in [3.8, 4) is 0 Å². The van der Waals surface area contributed by atoms with Crippen molar-refractivity contribution in [3.63, 3.8) is 0 Å². The summed E-state index contributed by atoms with van der Waals surface area (Å²) in [4.78, 5) is 0.430. The van der Waals surface area contributed by atoms with Gasteiger partial charge < -0.3 is 0 Å². The SMILES string of the molecule is O=S(=O)=C1C=CC(Cn2cccn2)=CC1. The fraction of sp³-hybridized carbons (Fsp3) is 0.200. The van der Waals surface area contributed by atoms with Gasteiger partial charge in [-0.15, -0.1) is 0 Å². The molecule has 4 nitrogen and oxygen atoms in total. The van der Waals surface area contributed by atoms with Gasteiger partial charge in [0.15, 0.2) is 0 Å². The van der Waals surface area contributed by atoms with Gasteiger partial charge in [-0.25, -0.2) is 0 Å². The maximum absolute atomic E-state index is 10.6. The molecule has 0 N–H and O–H groups in total. The van der Waals surface area contributed by atoms with Crippen LogP contribution in [0.1, 0.15) is 6.42 Å². The van der Waals surface area contributed by atoms with Gasteiger partial charge in [0.25, 0.3) is 0 Å². The number of hydrogen-bond donors (Lipinski definition) is 0. The average Bonchev–Trinajstić information content (AvgIpc) is 2.71. The van der Waals surface area contributed by atoms with Gasteiger partial charge in [0.1, 0.15) is 0 Å². The zero-order chi connectivity index (χ0) is 10.7. The average molecular weight is 222 g/mol. The molecule has 1 aliphatic rings. The minimum Gasteiger partial charge on any atom is -0.268 e. The topological polar surface area (TPSA) is 52.0 Å². The van der Waals surface area contributed by atoms with Crippen LogP contribution in [0.15, 0.2) is 42.3 Å². The van der Waals surface area contributed by atoms with E-state index in [9.17, 15) is 8.42 Å². The van der Waals surface area contributed by atoms with Crippen molar-refractivity contribution in [1.82, 2.24) is 9.78 Å². The standard InChI is InChI=1S/C10H10N2O2S/c13-15(14)10-4-2-9(3-5-10)8-12-7-1-6-11-12/h1-4,6-7H,5,8H2. The summed E-state index contributed by atoms with van der Waals surface area (Å²) in [7, 11) is -2.09. The Balaban J connectivity index is 2.11. The molecule has 2 rings (SSSR count). The fourth-order valence-corrected chi connectivity index (χ4v) is 1.79. The van der Waals surface area contributed by atoms with Crippen molar-refractivity contribution in [1.29, 1.82) is 0 Å². The molecule has 0 aliphatic heterocycles. The first kappa shape index (κ1) is 9.92. The van der Waals surface area contributed by atoms with Gasteiger partial charge >= 0.3 is 0 Å². The van der Waals surface area contributed by atoms with Crippen LogP contribution in [0.4, 0.5) is 0 Å². The van der Waals surface area contributed by atoms with Crippen LogP contribution in [0.5, 0.6) is 0 Å². The van der Waals surface area contributed by atoms with E-state index in [0.29, 0.717) is 17.8 Å². The molecule has 0 unspecified atom stereocenters. The van der Waals surface area contributed by atoms with Crippen molar-refractivity contribution >= 4 is 15.2 Å². The zero-order valence-corrected chi connectivity index (χ0v) is 8.81. The molecule has 0 spiro atoms. The molecule has 1 heterocycles. The second-order valence-corrected chi connectivity index (χ2v) is 4.21. The molecule has 0 radical (unpaired) electrons. The molecule has 0 saturated carbocycles. The van der Waals surface area contributed by atoms with Crippen LogP contribution in [0, 0.1) is 0 Å². The molecule has 0 amide bonds. The number of nitrogens with zero attached hydrogens (tertiary/aromatic N) is 2. The Kier molecular flexibility index (Phi) is 2.82.